The lowest BCUT2D eigenvalue weighted by atomic mass is 9.89. The molecular weight excluding hydrogens is 301 g/mol. The average Bonchev–Trinajstić information content (AvgIpc) is 3.42. The molecule has 1 atom stereocenters. The SMILES string of the molecule is CNC(=O)C1COC2(CN(C(=O)C3(F)CC3)C2)CN1CC1CC1. The minimum absolute atomic E-state index is 0.0200. The number of alkyl halides is 1. The molecule has 2 heterocycles. The molecule has 0 bridgehead atoms. The van der Waals surface area contributed by atoms with E-state index in [1.165, 1.54) is 12.8 Å². The number of halogens is 1. The number of hydrogen-bond acceptors (Lipinski definition) is 4. The van der Waals surface area contributed by atoms with Gasteiger partial charge in [-0.05, 0) is 31.6 Å². The maximum atomic E-state index is 13.9. The van der Waals surface area contributed by atoms with Gasteiger partial charge in [-0.1, -0.05) is 0 Å². The van der Waals surface area contributed by atoms with Gasteiger partial charge in [0.1, 0.15) is 11.6 Å². The summed E-state index contributed by atoms with van der Waals surface area (Å²) in [7, 11) is 1.64. The summed E-state index contributed by atoms with van der Waals surface area (Å²) in [4.78, 5) is 27.9. The van der Waals surface area contributed by atoms with Crippen LogP contribution in [-0.2, 0) is 14.3 Å². The van der Waals surface area contributed by atoms with Crippen molar-refractivity contribution >= 4 is 11.8 Å². The number of rotatable bonds is 4. The third-order valence-electron chi connectivity index (χ3n) is 5.54. The predicted octanol–water partition coefficient (Wildman–Crippen LogP) is -0.0737. The number of likely N-dealkylation sites (N-methyl/N-ethyl adjacent to an activating group) is 1. The summed E-state index contributed by atoms with van der Waals surface area (Å²) >= 11 is 0. The molecule has 0 aromatic heterocycles. The Hall–Kier alpha value is -1.21. The molecule has 7 heteroatoms. The Balaban J connectivity index is 1.39. The van der Waals surface area contributed by atoms with Crippen molar-refractivity contribution in [3.05, 3.63) is 0 Å². The molecule has 6 nitrogen and oxygen atoms in total. The van der Waals surface area contributed by atoms with Crippen molar-refractivity contribution in [1.29, 1.82) is 0 Å². The van der Waals surface area contributed by atoms with Gasteiger partial charge in [-0.15, -0.1) is 0 Å². The van der Waals surface area contributed by atoms with Crippen LogP contribution < -0.4 is 5.32 Å². The van der Waals surface area contributed by atoms with E-state index in [4.69, 9.17) is 4.74 Å². The Morgan fingerprint density at radius 3 is 2.52 bits per heavy atom. The van der Waals surface area contributed by atoms with Crippen molar-refractivity contribution in [3.8, 4) is 0 Å². The van der Waals surface area contributed by atoms with E-state index >= 15 is 0 Å². The van der Waals surface area contributed by atoms with E-state index in [0.29, 0.717) is 45.0 Å². The lowest BCUT2D eigenvalue weighted by Gasteiger charge is -2.55. The molecule has 0 aromatic carbocycles. The van der Waals surface area contributed by atoms with Crippen LogP contribution in [0.2, 0.25) is 0 Å². The standard InChI is InChI=1S/C16H24FN3O3/c1-18-13(21)12-7-23-15(8-19(12)6-11-2-3-11)9-20(10-15)14(22)16(17)4-5-16/h11-12H,2-10H2,1H3,(H,18,21). The topological polar surface area (TPSA) is 61.9 Å². The summed E-state index contributed by atoms with van der Waals surface area (Å²) in [5.41, 5.74) is -2.02. The fourth-order valence-corrected chi connectivity index (χ4v) is 3.71. The van der Waals surface area contributed by atoms with Crippen molar-refractivity contribution in [1.82, 2.24) is 15.1 Å². The summed E-state index contributed by atoms with van der Waals surface area (Å²) in [5.74, 6) is 0.276. The Bertz CT molecular complexity index is 527. The quantitative estimate of drug-likeness (QED) is 0.786. The Kier molecular flexibility index (Phi) is 3.43. The first-order chi connectivity index (χ1) is 10.9. The molecule has 2 aliphatic carbocycles. The predicted molar refractivity (Wildman–Crippen MR) is 80.5 cm³/mol. The van der Waals surface area contributed by atoms with Gasteiger partial charge in [0.25, 0.3) is 5.91 Å². The van der Waals surface area contributed by atoms with Gasteiger partial charge in [-0.3, -0.25) is 14.5 Å². The van der Waals surface area contributed by atoms with Crippen molar-refractivity contribution in [3.63, 3.8) is 0 Å². The molecule has 2 aliphatic heterocycles. The smallest absolute Gasteiger partial charge is 0.260 e. The molecule has 0 aromatic rings. The monoisotopic (exact) mass is 325 g/mol. The number of likely N-dealkylation sites (tertiary alicyclic amines) is 1. The van der Waals surface area contributed by atoms with Gasteiger partial charge in [0, 0.05) is 20.1 Å². The molecule has 1 unspecified atom stereocenters. The van der Waals surface area contributed by atoms with E-state index < -0.39 is 11.3 Å². The molecule has 1 spiro atoms. The Morgan fingerprint density at radius 1 is 1.26 bits per heavy atom. The third-order valence-corrected chi connectivity index (χ3v) is 5.54. The number of hydrogen-bond donors (Lipinski definition) is 1. The minimum Gasteiger partial charge on any atom is -0.368 e. The number of nitrogens with zero attached hydrogens (tertiary/aromatic N) is 2. The van der Waals surface area contributed by atoms with Crippen LogP contribution in [0, 0.1) is 5.92 Å². The second kappa shape index (κ2) is 5.14. The Labute approximate surface area is 135 Å². The van der Waals surface area contributed by atoms with E-state index in [1.54, 1.807) is 11.9 Å². The van der Waals surface area contributed by atoms with E-state index in [1.807, 2.05) is 0 Å². The van der Waals surface area contributed by atoms with E-state index in [-0.39, 0.29) is 17.9 Å². The number of nitrogens with one attached hydrogen (secondary N) is 1. The third kappa shape index (κ3) is 2.74. The van der Waals surface area contributed by atoms with Crippen molar-refractivity contribution in [2.75, 3.05) is 39.8 Å². The number of carbonyl (C=O) groups excluding carboxylic acids is 2. The van der Waals surface area contributed by atoms with Gasteiger partial charge in [0.2, 0.25) is 5.91 Å². The second-order valence-electron chi connectivity index (χ2n) is 7.62. The van der Waals surface area contributed by atoms with Crippen LogP contribution >= 0.6 is 0 Å². The number of carbonyl (C=O) groups is 2. The Morgan fingerprint density at radius 2 is 1.96 bits per heavy atom. The zero-order valence-corrected chi connectivity index (χ0v) is 13.5. The zero-order valence-electron chi connectivity index (χ0n) is 13.5. The molecular formula is C16H24FN3O3. The lowest BCUT2D eigenvalue weighted by Crippen LogP contribution is -2.74. The maximum Gasteiger partial charge on any atom is 0.260 e. The number of amides is 2. The van der Waals surface area contributed by atoms with Crippen LogP contribution in [0.3, 0.4) is 0 Å². The van der Waals surface area contributed by atoms with Gasteiger partial charge in [-0.25, -0.2) is 4.39 Å². The highest BCUT2D eigenvalue weighted by molar-refractivity contribution is 5.89. The highest BCUT2D eigenvalue weighted by Gasteiger charge is 2.59. The van der Waals surface area contributed by atoms with Crippen LogP contribution in [-0.4, -0.2) is 78.8 Å². The summed E-state index contributed by atoms with van der Waals surface area (Å²) < 4.78 is 19.9. The first-order valence-electron chi connectivity index (χ1n) is 8.53. The first-order valence-corrected chi connectivity index (χ1v) is 8.53. The van der Waals surface area contributed by atoms with Gasteiger partial charge >= 0.3 is 0 Å². The van der Waals surface area contributed by atoms with E-state index in [2.05, 4.69) is 10.2 Å². The van der Waals surface area contributed by atoms with Crippen molar-refractivity contribution in [2.24, 2.45) is 5.92 Å². The molecule has 2 saturated heterocycles. The molecule has 1 N–H and O–H groups in total. The molecule has 4 rings (SSSR count). The molecule has 0 radical (unpaired) electrons. The minimum atomic E-state index is -1.60. The van der Waals surface area contributed by atoms with Crippen LogP contribution in [0.1, 0.15) is 25.7 Å². The van der Waals surface area contributed by atoms with Gasteiger partial charge in [-0.2, -0.15) is 0 Å². The highest BCUT2D eigenvalue weighted by Crippen LogP contribution is 2.44. The van der Waals surface area contributed by atoms with Gasteiger partial charge in [0.05, 0.1) is 19.7 Å². The largest absolute Gasteiger partial charge is 0.368 e. The fourth-order valence-electron chi connectivity index (χ4n) is 3.71. The highest BCUT2D eigenvalue weighted by atomic mass is 19.1. The molecule has 2 amide bonds. The van der Waals surface area contributed by atoms with Crippen LogP contribution in [0.5, 0.6) is 0 Å². The molecule has 4 aliphatic rings. The molecule has 4 fully saturated rings. The lowest BCUT2D eigenvalue weighted by molar-refractivity contribution is -0.207. The van der Waals surface area contributed by atoms with E-state index in [0.717, 1.165) is 6.54 Å². The molecule has 128 valence electrons. The molecule has 2 saturated carbocycles. The normalized spacial score (nSPS) is 31.6. The fraction of sp³-hybridized carbons (Fsp3) is 0.875. The first kappa shape index (κ1) is 15.3. The maximum absolute atomic E-state index is 13.9. The summed E-state index contributed by atoms with van der Waals surface area (Å²) in [5, 5.41) is 2.70. The number of morpholine rings is 1. The van der Waals surface area contributed by atoms with Gasteiger partial charge in [0.15, 0.2) is 5.67 Å². The van der Waals surface area contributed by atoms with Crippen LogP contribution in [0.15, 0.2) is 0 Å². The van der Waals surface area contributed by atoms with Gasteiger partial charge < -0.3 is 15.0 Å². The van der Waals surface area contributed by atoms with Crippen molar-refractivity contribution < 1.29 is 18.7 Å². The molecule has 23 heavy (non-hydrogen) atoms. The van der Waals surface area contributed by atoms with E-state index in [9.17, 15) is 14.0 Å². The van der Waals surface area contributed by atoms with Crippen LogP contribution in [0.25, 0.3) is 0 Å². The average molecular weight is 325 g/mol. The van der Waals surface area contributed by atoms with Crippen LogP contribution in [0.4, 0.5) is 4.39 Å². The zero-order chi connectivity index (χ0) is 16.2. The summed E-state index contributed by atoms with van der Waals surface area (Å²) in [6.45, 7) is 2.78. The second-order valence-corrected chi connectivity index (χ2v) is 7.62. The summed E-state index contributed by atoms with van der Waals surface area (Å²) in [6, 6.07) is -0.257. The summed E-state index contributed by atoms with van der Waals surface area (Å²) in [6.07, 6.45) is 3.14. The van der Waals surface area contributed by atoms with Crippen molar-refractivity contribution in [2.45, 2.75) is 43.0 Å². The number of ether oxygens (including phenoxy) is 1.